The van der Waals surface area contributed by atoms with Crippen LogP contribution in [0.5, 0.6) is 0 Å². The summed E-state index contributed by atoms with van der Waals surface area (Å²) in [6.07, 6.45) is 7.60. The smallest absolute Gasteiger partial charge is 0.0541 e. The maximum atomic E-state index is 4.23. The minimum Gasteiger partial charge on any atom is -0.311 e. The average molecular weight is 433 g/mol. The lowest BCUT2D eigenvalue weighted by Gasteiger charge is -2.08. The largest absolute Gasteiger partial charge is 0.311 e. The lowest BCUT2D eigenvalue weighted by atomic mass is 9.96. The van der Waals surface area contributed by atoms with Crippen molar-refractivity contribution in [3.05, 3.63) is 90.3 Å². The molecule has 2 heteroatoms. The molecule has 3 aromatic rings. The van der Waals surface area contributed by atoms with Crippen molar-refractivity contribution < 1.29 is 0 Å². The van der Waals surface area contributed by atoms with E-state index in [0.29, 0.717) is 0 Å². The van der Waals surface area contributed by atoms with Gasteiger partial charge in [-0.25, -0.2) is 0 Å². The molecule has 0 unspecified atom stereocenters. The number of pyridine rings is 1. The van der Waals surface area contributed by atoms with Crippen LogP contribution in [0.25, 0.3) is 22.4 Å². The molecule has 1 heterocycles. The molecular weight excluding hydrogens is 388 g/mol. The molecule has 0 fully saturated rings. The molecule has 0 bridgehead atoms. The second-order valence-electron chi connectivity index (χ2n) is 7.48. The first-order chi connectivity index (χ1) is 15.0. The molecule has 174 valence electrons. The lowest BCUT2D eigenvalue weighted by molar-refractivity contribution is 0.611. The van der Waals surface area contributed by atoms with E-state index in [2.05, 4.69) is 67.6 Å². The van der Waals surface area contributed by atoms with Crippen LogP contribution in [-0.2, 0) is 6.54 Å². The van der Waals surface area contributed by atoms with Crippen LogP contribution in [0.3, 0.4) is 0 Å². The van der Waals surface area contributed by atoms with E-state index >= 15 is 0 Å². The molecule has 2 nitrogen and oxygen atoms in total. The first-order valence-corrected chi connectivity index (χ1v) is 11.5. The highest BCUT2D eigenvalue weighted by atomic mass is 14.9. The number of rotatable bonds is 8. The Labute approximate surface area is 197 Å². The summed E-state index contributed by atoms with van der Waals surface area (Å²) in [7, 11) is 0. The van der Waals surface area contributed by atoms with Crippen molar-refractivity contribution in [3.63, 3.8) is 0 Å². The first kappa shape index (κ1) is 29.3. The van der Waals surface area contributed by atoms with Crippen LogP contribution in [0.15, 0.2) is 67.9 Å². The Bertz CT molecular complexity index is 926. The second kappa shape index (κ2) is 16.9. The summed E-state index contributed by atoms with van der Waals surface area (Å²) in [4.78, 5) is 4.23. The normalized spacial score (nSPS) is 9.53. The molecule has 0 saturated carbocycles. The van der Waals surface area contributed by atoms with Crippen molar-refractivity contribution in [1.29, 1.82) is 0 Å². The number of hydrogen-bond acceptors (Lipinski definition) is 2. The van der Waals surface area contributed by atoms with E-state index in [1.807, 2.05) is 51.2 Å². The highest BCUT2D eigenvalue weighted by Crippen LogP contribution is 2.26. The molecular formula is C30H44N2. The van der Waals surface area contributed by atoms with Crippen molar-refractivity contribution >= 4 is 22.4 Å². The fraction of sp³-hybridized carbons (Fsp3) is 0.367. The highest BCUT2D eigenvalue weighted by Gasteiger charge is 2.03. The number of aryl methyl sites for hydroxylation is 1. The lowest BCUT2D eigenvalue weighted by Crippen LogP contribution is -2.15. The third-order valence-corrected chi connectivity index (χ3v) is 4.83. The van der Waals surface area contributed by atoms with Gasteiger partial charge >= 0.3 is 0 Å². The number of nitrogens with one attached hydrogen (secondary N) is 1. The Morgan fingerprint density at radius 2 is 1.78 bits per heavy atom. The third kappa shape index (κ3) is 10.1. The summed E-state index contributed by atoms with van der Waals surface area (Å²) in [5.41, 5.74) is 5.83. The van der Waals surface area contributed by atoms with Crippen molar-refractivity contribution in [1.82, 2.24) is 10.3 Å². The standard InChI is InChI=1S/C16H16.C11H18N2.C2H6.CH4/c1-5-13-9-15-8-12(4)6-7-14(15)10-16(13)11(2)3;1-2-3-5-8-12-10-11-7-4-6-9-13-11;1-2;/h5-10H,1-2H2,3-4H3;4,6-7,9,12H,2-3,5,8,10H2,1H3;1-2H3;1H4. The molecule has 0 atom stereocenters. The predicted octanol–water partition coefficient (Wildman–Crippen LogP) is 8.85. The molecule has 1 N–H and O–H groups in total. The Kier molecular flexibility index (Phi) is 15.5. The van der Waals surface area contributed by atoms with Gasteiger partial charge in [-0.1, -0.05) is 95.7 Å². The van der Waals surface area contributed by atoms with Crippen LogP contribution >= 0.6 is 0 Å². The second-order valence-corrected chi connectivity index (χ2v) is 7.48. The molecule has 32 heavy (non-hydrogen) atoms. The summed E-state index contributed by atoms with van der Waals surface area (Å²) in [6.45, 7) is 20.2. The zero-order valence-electron chi connectivity index (χ0n) is 20.2. The van der Waals surface area contributed by atoms with Crippen LogP contribution < -0.4 is 5.32 Å². The van der Waals surface area contributed by atoms with Crippen LogP contribution in [0.4, 0.5) is 0 Å². The number of allylic oxidation sites excluding steroid dienone is 1. The maximum Gasteiger partial charge on any atom is 0.0541 e. The predicted molar refractivity (Wildman–Crippen MR) is 147 cm³/mol. The van der Waals surface area contributed by atoms with Gasteiger partial charge in [-0.15, -0.1) is 0 Å². The highest BCUT2D eigenvalue weighted by molar-refractivity contribution is 5.90. The summed E-state index contributed by atoms with van der Waals surface area (Å²) in [5, 5.41) is 5.90. The molecule has 0 aliphatic carbocycles. The Balaban J connectivity index is 0.000000552. The summed E-state index contributed by atoms with van der Waals surface area (Å²) >= 11 is 0. The van der Waals surface area contributed by atoms with Gasteiger partial charge in [-0.3, -0.25) is 4.98 Å². The first-order valence-electron chi connectivity index (χ1n) is 11.5. The van der Waals surface area contributed by atoms with Gasteiger partial charge in [0.25, 0.3) is 0 Å². The number of nitrogens with zero attached hydrogens (tertiary/aromatic N) is 1. The van der Waals surface area contributed by atoms with Crippen molar-refractivity contribution in [3.8, 4) is 0 Å². The van der Waals surface area contributed by atoms with Gasteiger partial charge in [0.1, 0.15) is 0 Å². The molecule has 0 aliphatic heterocycles. The van der Waals surface area contributed by atoms with E-state index in [1.165, 1.54) is 41.2 Å². The minimum absolute atomic E-state index is 0. The number of fused-ring (bicyclic) bond motifs is 1. The van der Waals surface area contributed by atoms with E-state index < -0.39 is 0 Å². The number of hydrogen-bond donors (Lipinski definition) is 1. The molecule has 2 aromatic carbocycles. The topological polar surface area (TPSA) is 24.9 Å². The summed E-state index contributed by atoms with van der Waals surface area (Å²) < 4.78 is 0. The van der Waals surface area contributed by atoms with Crippen LogP contribution in [0.2, 0.25) is 0 Å². The van der Waals surface area contributed by atoms with Crippen LogP contribution in [-0.4, -0.2) is 11.5 Å². The molecule has 0 amide bonds. The number of aromatic nitrogens is 1. The Hall–Kier alpha value is -2.71. The quantitative estimate of drug-likeness (QED) is 0.359. The van der Waals surface area contributed by atoms with Crippen molar-refractivity contribution in [2.24, 2.45) is 0 Å². The van der Waals surface area contributed by atoms with E-state index in [0.717, 1.165) is 29.9 Å². The third-order valence-electron chi connectivity index (χ3n) is 4.83. The molecule has 0 aliphatic rings. The van der Waals surface area contributed by atoms with Crippen LogP contribution in [0, 0.1) is 6.92 Å². The van der Waals surface area contributed by atoms with E-state index in [4.69, 9.17) is 0 Å². The molecule has 0 saturated heterocycles. The molecule has 0 spiro atoms. The van der Waals surface area contributed by atoms with Gasteiger partial charge in [0.05, 0.1) is 5.69 Å². The minimum atomic E-state index is 0. The van der Waals surface area contributed by atoms with Crippen molar-refractivity contribution in [2.75, 3.05) is 6.54 Å². The monoisotopic (exact) mass is 432 g/mol. The number of unbranched alkanes of at least 4 members (excludes halogenated alkanes) is 2. The van der Waals surface area contributed by atoms with E-state index in [-0.39, 0.29) is 7.43 Å². The number of benzene rings is 2. The van der Waals surface area contributed by atoms with Gasteiger partial charge in [-0.2, -0.15) is 0 Å². The van der Waals surface area contributed by atoms with E-state index in [1.54, 1.807) is 0 Å². The van der Waals surface area contributed by atoms with Crippen molar-refractivity contribution in [2.45, 2.75) is 67.9 Å². The maximum absolute atomic E-state index is 4.23. The van der Waals surface area contributed by atoms with Crippen LogP contribution in [0.1, 0.15) is 76.8 Å². The fourth-order valence-corrected chi connectivity index (χ4v) is 3.19. The van der Waals surface area contributed by atoms with Gasteiger partial charge in [0, 0.05) is 12.7 Å². The molecule has 0 radical (unpaired) electrons. The van der Waals surface area contributed by atoms with Gasteiger partial charge in [-0.05, 0) is 73.0 Å². The van der Waals surface area contributed by atoms with Gasteiger partial charge < -0.3 is 5.32 Å². The zero-order chi connectivity index (χ0) is 23.1. The molecule has 3 rings (SSSR count). The summed E-state index contributed by atoms with van der Waals surface area (Å²) in [6, 6.07) is 16.9. The SMILES string of the molecule is C.C=Cc1cc2cc(C)ccc2cc1C(=C)C.CC.CCCCCNCc1ccccn1. The van der Waals surface area contributed by atoms with Gasteiger partial charge in [0.15, 0.2) is 0 Å². The van der Waals surface area contributed by atoms with E-state index in [9.17, 15) is 0 Å². The molecule has 1 aromatic heterocycles. The van der Waals surface area contributed by atoms with Gasteiger partial charge in [0.2, 0.25) is 0 Å². The Morgan fingerprint density at radius 3 is 2.38 bits per heavy atom. The average Bonchev–Trinajstić information content (AvgIpc) is 2.80. The zero-order valence-corrected chi connectivity index (χ0v) is 20.2. The fourth-order valence-electron chi connectivity index (χ4n) is 3.19. The Morgan fingerprint density at radius 1 is 1.03 bits per heavy atom. The summed E-state index contributed by atoms with van der Waals surface area (Å²) in [5.74, 6) is 0.